The number of methoxy groups -OCH3 is 1. The first-order valence-corrected chi connectivity index (χ1v) is 7.90. The number of pyridine rings is 1. The largest absolute Gasteiger partial charge is 0.496 e. The minimum atomic E-state index is 0.271. The van der Waals surface area contributed by atoms with Gasteiger partial charge in [0.25, 0.3) is 0 Å². The lowest BCUT2D eigenvalue weighted by atomic mass is 9.92. The van der Waals surface area contributed by atoms with E-state index < -0.39 is 0 Å². The molecule has 0 saturated carbocycles. The monoisotopic (exact) mass is 290 g/mol. The van der Waals surface area contributed by atoms with E-state index in [1.54, 1.807) is 18.4 Å². The van der Waals surface area contributed by atoms with Gasteiger partial charge >= 0.3 is 0 Å². The quantitative estimate of drug-likeness (QED) is 0.837. The second kappa shape index (κ2) is 7.41. The predicted molar refractivity (Wildman–Crippen MR) is 84.6 cm³/mol. The van der Waals surface area contributed by atoms with Crippen LogP contribution >= 0.6 is 11.3 Å². The summed E-state index contributed by atoms with van der Waals surface area (Å²) in [6.07, 6.45) is 4.83. The van der Waals surface area contributed by atoms with Crippen molar-refractivity contribution in [2.45, 2.75) is 32.2 Å². The molecule has 0 radical (unpaired) electrons. The van der Waals surface area contributed by atoms with Crippen molar-refractivity contribution in [1.82, 2.24) is 10.3 Å². The van der Waals surface area contributed by atoms with E-state index in [1.807, 2.05) is 18.5 Å². The molecule has 0 amide bonds. The van der Waals surface area contributed by atoms with Crippen molar-refractivity contribution in [2.75, 3.05) is 13.7 Å². The highest BCUT2D eigenvalue weighted by Gasteiger charge is 2.24. The minimum Gasteiger partial charge on any atom is -0.496 e. The van der Waals surface area contributed by atoms with Gasteiger partial charge in [-0.15, -0.1) is 11.3 Å². The van der Waals surface area contributed by atoms with E-state index in [1.165, 1.54) is 10.4 Å². The molecule has 0 saturated heterocycles. The lowest BCUT2D eigenvalue weighted by Crippen LogP contribution is -2.26. The van der Waals surface area contributed by atoms with Crippen molar-refractivity contribution in [3.63, 3.8) is 0 Å². The highest BCUT2D eigenvalue weighted by molar-refractivity contribution is 7.10. The van der Waals surface area contributed by atoms with E-state index in [0.29, 0.717) is 5.92 Å². The fourth-order valence-corrected chi connectivity index (χ4v) is 3.40. The van der Waals surface area contributed by atoms with Crippen LogP contribution in [0.4, 0.5) is 0 Å². The maximum atomic E-state index is 5.49. The molecule has 2 atom stereocenters. The first-order valence-electron chi connectivity index (χ1n) is 7.02. The van der Waals surface area contributed by atoms with Crippen LogP contribution in [0.5, 0.6) is 5.75 Å². The Balaban J connectivity index is 2.27. The minimum absolute atomic E-state index is 0.271. The van der Waals surface area contributed by atoms with Crippen LogP contribution < -0.4 is 10.1 Å². The number of ether oxygens (including phenoxy) is 1. The van der Waals surface area contributed by atoms with E-state index in [-0.39, 0.29) is 6.04 Å². The molecule has 0 aromatic carbocycles. The molecule has 108 valence electrons. The van der Waals surface area contributed by atoms with Crippen molar-refractivity contribution in [3.8, 4) is 5.75 Å². The first kappa shape index (κ1) is 15.0. The second-order valence-electron chi connectivity index (χ2n) is 4.85. The van der Waals surface area contributed by atoms with Crippen LogP contribution in [0.1, 0.15) is 42.7 Å². The summed E-state index contributed by atoms with van der Waals surface area (Å²) in [6, 6.07) is 6.49. The first-order chi connectivity index (χ1) is 9.77. The standard InChI is InChI=1S/C16H22N2OS/c1-4-8-18-15(16-14(19-3)7-11-20-16)12(2)13-5-9-17-10-6-13/h5-7,9-12,15,18H,4,8H2,1-3H3. The smallest absolute Gasteiger partial charge is 0.134 e. The molecule has 2 aromatic heterocycles. The molecule has 0 fully saturated rings. The van der Waals surface area contributed by atoms with Gasteiger partial charge in [0, 0.05) is 18.3 Å². The topological polar surface area (TPSA) is 34.1 Å². The third-order valence-electron chi connectivity index (χ3n) is 3.51. The number of nitrogens with zero attached hydrogens (tertiary/aromatic N) is 1. The second-order valence-corrected chi connectivity index (χ2v) is 5.80. The summed E-state index contributed by atoms with van der Waals surface area (Å²) in [5, 5.41) is 5.75. The van der Waals surface area contributed by atoms with Gasteiger partial charge in [0.15, 0.2) is 0 Å². The zero-order valence-corrected chi connectivity index (χ0v) is 13.1. The number of nitrogens with one attached hydrogen (secondary N) is 1. The average molecular weight is 290 g/mol. The highest BCUT2D eigenvalue weighted by atomic mass is 32.1. The summed E-state index contributed by atoms with van der Waals surface area (Å²) in [4.78, 5) is 5.37. The summed E-state index contributed by atoms with van der Waals surface area (Å²) in [7, 11) is 1.74. The molecule has 2 unspecified atom stereocenters. The Labute approximate surface area is 125 Å². The molecule has 2 rings (SSSR count). The molecule has 0 aliphatic heterocycles. The normalized spacial score (nSPS) is 13.9. The molecule has 0 spiro atoms. The van der Waals surface area contributed by atoms with Crippen molar-refractivity contribution in [1.29, 1.82) is 0 Å². The Morgan fingerprint density at radius 2 is 2.05 bits per heavy atom. The third-order valence-corrected chi connectivity index (χ3v) is 4.49. The van der Waals surface area contributed by atoms with Gasteiger partial charge < -0.3 is 10.1 Å². The lowest BCUT2D eigenvalue weighted by Gasteiger charge is -2.25. The molecule has 0 aliphatic carbocycles. The fraction of sp³-hybridized carbons (Fsp3) is 0.438. The van der Waals surface area contributed by atoms with Gasteiger partial charge in [-0.3, -0.25) is 4.98 Å². The molecular weight excluding hydrogens is 268 g/mol. The van der Waals surface area contributed by atoms with Crippen LogP contribution in [0.25, 0.3) is 0 Å². The average Bonchev–Trinajstić information content (AvgIpc) is 2.96. The summed E-state index contributed by atoms with van der Waals surface area (Å²) in [6.45, 7) is 5.44. The summed E-state index contributed by atoms with van der Waals surface area (Å²) >= 11 is 1.75. The molecule has 0 aliphatic rings. The molecular formula is C16H22N2OS. The zero-order chi connectivity index (χ0) is 14.4. The van der Waals surface area contributed by atoms with Crippen LogP contribution in [0.3, 0.4) is 0 Å². The molecule has 1 N–H and O–H groups in total. The van der Waals surface area contributed by atoms with Gasteiger partial charge in [-0.25, -0.2) is 0 Å². The maximum absolute atomic E-state index is 5.49. The van der Waals surface area contributed by atoms with Gasteiger partial charge in [0.1, 0.15) is 5.75 Å². The Bertz CT molecular complexity index is 512. The summed E-state index contributed by atoms with van der Waals surface area (Å²) < 4.78 is 5.49. The molecule has 2 aromatic rings. The number of hydrogen-bond acceptors (Lipinski definition) is 4. The Hall–Kier alpha value is -1.39. The van der Waals surface area contributed by atoms with Crippen LogP contribution in [-0.2, 0) is 0 Å². The number of hydrogen-bond donors (Lipinski definition) is 1. The van der Waals surface area contributed by atoms with Crippen LogP contribution in [0.15, 0.2) is 36.0 Å². The van der Waals surface area contributed by atoms with E-state index in [4.69, 9.17) is 4.74 Å². The van der Waals surface area contributed by atoms with Crippen molar-refractivity contribution < 1.29 is 4.74 Å². The Morgan fingerprint density at radius 1 is 1.30 bits per heavy atom. The molecule has 20 heavy (non-hydrogen) atoms. The molecule has 3 nitrogen and oxygen atoms in total. The van der Waals surface area contributed by atoms with Crippen LogP contribution in [-0.4, -0.2) is 18.6 Å². The van der Waals surface area contributed by atoms with Gasteiger partial charge in [0.2, 0.25) is 0 Å². The van der Waals surface area contributed by atoms with E-state index in [2.05, 4.69) is 41.7 Å². The van der Waals surface area contributed by atoms with Crippen molar-refractivity contribution in [3.05, 3.63) is 46.4 Å². The zero-order valence-electron chi connectivity index (χ0n) is 12.3. The van der Waals surface area contributed by atoms with Crippen LogP contribution in [0.2, 0.25) is 0 Å². The van der Waals surface area contributed by atoms with Crippen molar-refractivity contribution in [2.24, 2.45) is 0 Å². The van der Waals surface area contributed by atoms with Crippen molar-refractivity contribution >= 4 is 11.3 Å². The SMILES string of the molecule is CCCNC(c1sccc1OC)C(C)c1ccncc1. The number of aromatic nitrogens is 1. The van der Waals surface area contributed by atoms with E-state index in [0.717, 1.165) is 18.7 Å². The van der Waals surface area contributed by atoms with Gasteiger partial charge in [-0.05, 0) is 42.1 Å². The highest BCUT2D eigenvalue weighted by Crippen LogP contribution is 2.38. The Morgan fingerprint density at radius 3 is 2.70 bits per heavy atom. The number of thiophene rings is 1. The summed E-state index contributed by atoms with van der Waals surface area (Å²) in [5.41, 5.74) is 1.30. The summed E-state index contributed by atoms with van der Waals surface area (Å²) in [5.74, 6) is 1.35. The van der Waals surface area contributed by atoms with Gasteiger partial charge in [-0.2, -0.15) is 0 Å². The van der Waals surface area contributed by atoms with E-state index >= 15 is 0 Å². The predicted octanol–water partition coefficient (Wildman–Crippen LogP) is 4.00. The maximum Gasteiger partial charge on any atom is 0.134 e. The number of rotatable bonds is 7. The van der Waals surface area contributed by atoms with Crippen LogP contribution in [0, 0.1) is 0 Å². The van der Waals surface area contributed by atoms with Gasteiger partial charge in [-0.1, -0.05) is 13.8 Å². The third kappa shape index (κ3) is 3.38. The Kier molecular flexibility index (Phi) is 5.56. The molecule has 4 heteroatoms. The lowest BCUT2D eigenvalue weighted by molar-refractivity contribution is 0.394. The molecule has 2 heterocycles. The molecule has 0 bridgehead atoms. The van der Waals surface area contributed by atoms with Gasteiger partial charge in [0.05, 0.1) is 18.0 Å². The van der Waals surface area contributed by atoms with E-state index in [9.17, 15) is 0 Å². The fourth-order valence-electron chi connectivity index (χ4n) is 2.36.